The van der Waals surface area contributed by atoms with Crippen molar-refractivity contribution in [3.63, 3.8) is 0 Å². The Kier molecular flexibility index (Phi) is 4.09. The van der Waals surface area contributed by atoms with Crippen LogP contribution in [0.15, 0.2) is 18.3 Å². The minimum absolute atomic E-state index is 0.00296. The molecule has 0 fully saturated rings. The lowest BCUT2D eigenvalue weighted by Gasteiger charge is -2.25. The average molecular weight is 227 g/mol. The van der Waals surface area contributed by atoms with Crippen LogP contribution in [-0.2, 0) is 0 Å². The van der Waals surface area contributed by atoms with Gasteiger partial charge in [0.1, 0.15) is 5.15 Å². The molecule has 0 unspecified atom stereocenters. The van der Waals surface area contributed by atoms with E-state index in [1.54, 1.807) is 23.2 Å². The van der Waals surface area contributed by atoms with Crippen molar-refractivity contribution in [2.75, 3.05) is 6.54 Å². The first kappa shape index (κ1) is 12.0. The third-order valence-electron chi connectivity index (χ3n) is 2.20. The molecule has 1 aromatic rings. The van der Waals surface area contributed by atoms with Gasteiger partial charge in [0.2, 0.25) is 0 Å². The minimum Gasteiger partial charge on any atom is -0.336 e. The van der Waals surface area contributed by atoms with E-state index >= 15 is 0 Å². The number of pyridine rings is 1. The first-order valence-electron chi connectivity index (χ1n) is 4.98. The van der Waals surface area contributed by atoms with Gasteiger partial charge in [-0.2, -0.15) is 0 Å². The molecule has 0 saturated carbocycles. The van der Waals surface area contributed by atoms with Gasteiger partial charge in [-0.3, -0.25) is 4.79 Å². The molecule has 1 rings (SSSR count). The van der Waals surface area contributed by atoms with E-state index in [1.807, 2.05) is 20.8 Å². The average Bonchev–Trinajstić information content (AvgIpc) is 2.18. The Morgan fingerprint density at radius 1 is 1.60 bits per heavy atom. The van der Waals surface area contributed by atoms with Gasteiger partial charge < -0.3 is 4.90 Å². The maximum atomic E-state index is 12.0. The van der Waals surface area contributed by atoms with Crippen molar-refractivity contribution in [3.05, 3.63) is 29.0 Å². The SMILES string of the molecule is CCN(C(=O)c1ccnc(Cl)c1)C(C)C. The number of carbonyl (C=O) groups excluding carboxylic acids is 1. The summed E-state index contributed by atoms with van der Waals surface area (Å²) in [7, 11) is 0. The molecule has 0 aliphatic rings. The van der Waals surface area contributed by atoms with Gasteiger partial charge in [-0.1, -0.05) is 11.6 Å². The summed E-state index contributed by atoms with van der Waals surface area (Å²) in [5.74, 6) is -0.00296. The van der Waals surface area contributed by atoms with Crippen LogP contribution in [0.2, 0.25) is 5.15 Å². The molecule has 1 heterocycles. The second kappa shape index (κ2) is 5.12. The van der Waals surface area contributed by atoms with Crippen LogP contribution in [-0.4, -0.2) is 28.4 Å². The highest BCUT2D eigenvalue weighted by Gasteiger charge is 2.16. The molecule has 0 spiro atoms. The lowest BCUT2D eigenvalue weighted by atomic mass is 10.2. The van der Waals surface area contributed by atoms with Gasteiger partial charge in [-0.25, -0.2) is 4.98 Å². The molecule has 0 aliphatic heterocycles. The standard InChI is InChI=1S/C11H15ClN2O/c1-4-14(8(2)3)11(15)9-5-6-13-10(12)7-9/h5-8H,4H2,1-3H3. The Balaban J connectivity index is 2.93. The molecule has 82 valence electrons. The Morgan fingerprint density at radius 3 is 2.73 bits per heavy atom. The molecule has 0 N–H and O–H groups in total. The molecule has 0 saturated heterocycles. The van der Waals surface area contributed by atoms with Gasteiger partial charge in [-0.05, 0) is 32.9 Å². The van der Waals surface area contributed by atoms with Crippen LogP contribution in [0.3, 0.4) is 0 Å². The van der Waals surface area contributed by atoms with Crippen LogP contribution in [0.4, 0.5) is 0 Å². The zero-order valence-corrected chi connectivity index (χ0v) is 9.95. The van der Waals surface area contributed by atoms with Gasteiger partial charge in [0.25, 0.3) is 5.91 Å². The molecule has 15 heavy (non-hydrogen) atoms. The first-order valence-corrected chi connectivity index (χ1v) is 5.36. The van der Waals surface area contributed by atoms with Crippen LogP contribution < -0.4 is 0 Å². The van der Waals surface area contributed by atoms with E-state index in [0.29, 0.717) is 17.3 Å². The number of nitrogens with zero attached hydrogens (tertiary/aromatic N) is 2. The zero-order chi connectivity index (χ0) is 11.4. The summed E-state index contributed by atoms with van der Waals surface area (Å²) in [5, 5.41) is 0.348. The lowest BCUT2D eigenvalue weighted by molar-refractivity contribution is 0.0717. The smallest absolute Gasteiger partial charge is 0.254 e. The second-order valence-corrected chi connectivity index (χ2v) is 3.94. The highest BCUT2D eigenvalue weighted by atomic mass is 35.5. The largest absolute Gasteiger partial charge is 0.336 e. The van der Waals surface area contributed by atoms with Crippen LogP contribution in [0.5, 0.6) is 0 Å². The Hall–Kier alpha value is -1.09. The number of hydrogen-bond donors (Lipinski definition) is 0. The molecule has 4 heteroatoms. The van der Waals surface area contributed by atoms with E-state index in [-0.39, 0.29) is 11.9 Å². The van der Waals surface area contributed by atoms with Crippen LogP contribution in [0.25, 0.3) is 0 Å². The predicted octanol–water partition coefficient (Wildman–Crippen LogP) is 2.61. The molecule has 0 aliphatic carbocycles. The Bertz CT molecular complexity index is 352. The van der Waals surface area contributed by atoms with Crippen molar-refractivity contribution in [1.82, 2.24) is 9.88 Å². The summed E-state index contributed by atoms with van der Waals surface area (Å²) in [6.07, 6.45) is 1.55. The molecule has 1 aromatic heterocycles. The van der Waals surface area contributed by atoms with Crippen molar-refractivity contribution in [3.8, 4) is 0 Å². The van der Waals surface area contributed by atoms with E-state index in [1.165, 1.54) is 0 Å². The maximum absolute atomic E-state index is 12.0. The fourth-order valence-corrected chi connectivity index (χ4v) is 1.62. The van der Waals surface area contributed by atoms with Gasteiger partial charge >= 0.3 is 0 Å². The maximum Gasteiger partial charge on any atom is 0.254 e. The van der Waals surface area contributed by atoms with Crippen molar-refractivity contribution in [1.29, 1.82) is 0 Å². The third kappa shape index (κ3) is 2.93. The summed E-state index contributed by atoms with van der Waals surface area (Å²) in [5.41, 5.74) is 0.588. The van der Waals surface area contributed by atoms with E-state index in [4.69, 9.17) is 11.6 Å². The van der Waals surface area contributed by atoms with Gasteiger partial charge in [-0.15, -0.1) is 0 Å². The normalized spacial score (nSPS) is 10.5. The monoisotopic (exact) mass is 226 g/mol. The van der Waals surface area contributed by atoms with Crippen LogP contribution >= 0.6 is 11.6 Å². The highest BCUT2D eigenvalue weighted by molar-refractivity contribution is 6.29. The van der Waals surface area contributed by atoms with Crippen molar-refractivity contribution >= 4 is 17.5 Å². The predicted molar refractivity (Wildman–Crippen MR) is 61.1 cm³/mol. The van der Waals surface area contributed by atoms with E-state index < -0.39 is 0 Å². The number of rotatable bonds is 3. The number of halogens is 1. The quantitative estimate of drug-likeness (QED) is 0.743. The van der Waals surface area contributed by atoms with E-state index in [0.717, 1.165) is 0 Å². The van der Waals surface area contributed by atoms with Crippen molar-refractivity contribution < 1.29 is 4.79 Å². The second-order valence-electron chi connectivity index (χ2n) is 3.55. The van der Waals surface area contributed by atoms with Crippen LogP contribution in [0.1, 0.15) is 31.1 Å². The van der Waals surface area contributed by atoms with Crippen LogP contribution in [0, 0.1) is 0 Å². The summed E-state index contributed by atoms with van der Waals surface area (Å²) >= 11 is 5.73. The number of carbonyl (C=O) groups is 1. The van der Waals surface area contributed by atoms with Gasteiger partial charge in [0, 0.05) is 24.3 Å². The summed E-state index contributed by atoms with van der Waals surface area (Å²) in [4.78, 5) is 17.6. The lowest BCUT2D eigenvalue weighted by Crippen LogP contribution is -2.36. The topological polar surface area (TPSA) is 33.2 Å². The summed E-state index contributed by atoms with van der Waals surface area (Å²) in [6.45, 7) is 6.63. The molecule has 0 aromatic carbocycles. The molecule has 0 atom stereocenters. The summed E-state index contributed by atoms with van der Waals surface area (Å²) in [6, 6.07) is 3.46. The number of aromatic nitrogens is 1. The minimum atomic E-state index is -0.00296. The zero-order valence-electron chi connectivity index (χ0n) is 9.20. The van der Waals surface area contributed by atoms with E-state index in [9.17, 15) is 4.79 Å². The molecule has 0 bridgehead atoms. The molecule has 0 radical (unpaired) electrons. The molecule has 3 nitrogen and oxygen atoms in total. The molecular formula is C11H15ClN2O. The third-order valence-corrected chi connectivity index (χ3v) is 2.41. The Labute approximate surface area is 95.1 Å². The molecule has 1 amide bonds. The Morgan fingerprint density at radius 2 is 2.27 bits per heavy atom. The fourth-order valence-electron chi connectivity index (χ4n) is 1.44. The van der Waals surface area contributed by atoms with Gasteiger partial charge in [0.05, 0.1) is 0 Å². The fraction of sp³-hybridized carbons (Fsp3) is 0.455. The van der Waals surface area contributed by atoms with Crippen molar-refractivity contribution in [2.24, 2.45) is 0 Å². The molecular weight excluding hydrogens is 212 g/mol. The first-order chi connectivity index (χ1) is 7.06. The summed E-state index contributed by atoms with van der Waals surface area (Å²) < 4.78 is 0. The number of amides is 1. The van der Waals surface area contributed by atoms with E-state index in [2.05, 4.69) is 4.98 Å². The highest BCUT2D eigenvalue weighted by Crippen LogP contribution is 2.11. The number of hydrogen-bond acceptors (Lipinski definition) is 2. The van der Waals surface area contributed by atoms with Crippen molar-refractivity contribution in [2.45, 2.75) is 26.8 Å². The van der Waals surface area contributed by atoms with Gasteiger partial charge in [0.15, 0.2) is 0 Å².